The highest BCUT2D eigenvalue weighted by Crippen LogP contribution is 2.25. The van der Waals surface area contributed by atoms with Gasteiger partial charge in [0.1, 0.15) is 5.82 Å². The van der Waals surface area contributed by atoms with Crippen LogP contribution in [0.2, 0.25) is 0 Å². The van der Waals surface area contributed by atoms with Crippen molar-refractivity contribution in [1.82, 2.24) is 24.9 Å². The second kappa shape index (κ2) is 7.99. The Morgan fingerprint density at radius 1 is 0.900 bits per heavy atom. The monoisotopic (exact) mass is 394 g/mol. The lowest BCUT2D eigenvalue weighted by Crippen LogP contribution is -2.28. The zero-order valence-electron chi connectivity index (χ0n) is 16.8. The minimum Gasteiger partial charge on any atom is -0.367 e. The van der Waals surface area contributed by atoms with Crippen LogP contribution in [0.5, 0.6) is 0 Å². The van der Waals surface area contributed by atoms with Gasteiger partial charge in [-0.05, 0) is 43.9 Å². The van der Waals surface area contributed by atoms with Gasteiger partial charge in [-0.1, -0.05) is 30.3 Å². The van der Waals surface area contributed by atoms with Crippen molar-refractivity contribution >= 4 is 5.82 Å². The number of aryl methyl sites for hydroxylation is 2. The molecule has 0 bridgehead atoms. The van der Waals surface area contributed by atoms with Crippen LogP contribution in [0.15, 0.2) is 67.1 Å². The molecule has 0 radical (unpaired) electrons. The molecule has 1 N–H and O–H groups in total. The molecule has 1 unspecified atom stereocenters. The first kappa shape index (κ1) is 18.4. The van der Waals surface area contributed by atoms with E-state index in [4.69, 9.17) is 9.97 Å². The summed E-state index contributed by atoms with van der Waals surface area (Å²) in [4.78, 5) is 22.8. The van der Waals surface area contributed by atoms with E-state index in [-0.39, 0.29) is 0 Å². The Bertz CT molecular complexity index is 1160. The summed E-state index contributed by atoms with van der Waals surface area (Å²) >= 11 is 0. The molecule has 148 valence electrons. The molecule has 4 aromatic rings. The highest BCUT2D eigenvalue weighted by molar-refractivity contribution is 5.57. The number of rotatable bonds is 4. The summed E-state index contributed by atoms with van der Waals surface area (Å²) in [5, 5.41) is 3.60. The molecule has 1 aliphatic carbocycles. The Morgan fingerprint density at radius 3 is 2.53 bits per heavy atom. The second-order valence-electron chi connectivity index (χ2n) is 7.57. The Hall–Kier alpha value is -3.67. The number of benzene rings is 1. The molecule has 1 aliphatic rings. The molecule has 0 amide bonds. The minimum absolute atomic E-state index is 0.295. The number of hydrogen-bond donors (Lipinski definition) is 1. The van der Waals surface area contributed by atoms with E-state index < -0.39 is 0 Å². The van der Waals surface area contributed by atoms with Crippen molar-refractivity contribution in [3.8, 4) is 22.8 Å². The van der Waals surface area contributed by atoms with Crippen molar-refractivity contribution in [3.63, 3.8) is 0 Å². The van der Waals surface area contributed by atoms with Gasteiger partial charge in [0, 0.05) is 53.2 Å². The van der Waals surface area contributed by atoms with Crippen LogP contribution in [0.4, 0.5) is 5.82 Å². The minimum atomic E-state index is 0.295. The maximum atomic E-state index is 4.82. The van der Waals surface area contributed by atoms with Gasteiger partial charge >= 0.3 is 0 Å². The SMILES string of the molecule is Cc1cc(NC2CCc3nc(-c4ccccc4)ncc3C2)nc(-c2ccncc2)n1. The fourth-order valence-corrected chi connectivity index (χ4v) is 3.84. The standard InChI is InChI=1S/C24H22N6/c1-16-13-22(30-24(27-16)18-9-11-25-12-10-18)28-20-7-8-21-19(14-20)15-26-23(29-21)17-5-3-2-4-6-17/h2-6,9-13,15,20H,7-8,14H2,1H3,(H,27,28,30). The van der Waals surface area contributed by atoms with Crippen LogP contribution in [0.25, 0.3) is 22.8 Å². The number of anilines is 1. The fraction of sp³-hybridized carbons (Fsp3) is 0.208. The lowest BCUT2D eigenvalue weighted by molar-refractivity contribution is 0.594. The smallest absolute Gasteiger partial charge is 0.161 e. The average Bonchev–Trinajstić information content (AvgIpc) is 2.79. The van der Waals surface area contributed by atoms with E-state index in [0.717, 1.165) is 53.4 Å². The molecule has 1 atom stereocenters. The van der Waals surface area contributed by atoms with Gasteiger partial charge < -0.3 is 5.32 Å². The summed E-state index contributed by atoms with van der Waals surface area (Å²) in [5.41, 5.74) is 5.32. The molecule has 0 saturated carbocycles. The molecule has 0 spiro atoms. The third kappa shape index (κ3) is 3.89. The van der Waals surface area contributed by atoms with E-state index >= 15 is 0 Å². The van der Waals surface area contributed by atoms with Gasteiger partial charge in [-0.2, -0.15) is 0 Å². The van der Waals surface area contributed by atoms with Crippen molar-refractivity contribution in [1.29, 1.82) is 0 Å². The summed E-state index contributed by atoms with van der Waals surface area (Å²) in [6.45, 7) is 1.99. The van der Waals surface area contributed by atoms with Gasteiger partial charge in [-0.25, -0.2) is 19.9 Å². The summed E-state index contributed by atoms with van der Waals surface area (Å²) in [6, 6.07) is 16.3. The van der Waals surface area contributed by atoms with E-state index in [2.05, 4.69) is 20.3 Å². The van der Waals surface area contributed by atoms with Gasteiger partial charge in [0.05, 0.1) is 0 Å². The molecule has 30 heavy (non-hydrogen) atoms. The van der Waals surface area contributed by atoms with Crippen LogP contribution < -0.4 is 5.32 Å². The Labute approximate surface area is 175 Å². The number of hydrogen-bond acceptors (Lipinski definition) is 6. The zero-order chi connectivity index (χ0) is 20.3. The number of pyridine rings is 1. The highest BCUT2D eigenvalue weighted by Gasteiger charge is 2.21. The average molecular weight is 394 g/mol. The molecule has 0 saturated heterocycles. The molecule has 1 aromatic carbocycles. The summed E-state index contributed by atoms with van der Waals surface area (Å²) in [6.07, 6.45) is 8.32. The molecule has 0 aliphatic heterocycles. The molecule has 5 rings (SSSR count). The first-order chi connectivity index (χ1) is 14.7. The third-order valence-electron chi connectivity index (χ3n) is 5.33. The predicted octanol–water partition coefficient (Wildman–Crippen LogP) is 4.27. The number of fused-ring (bicyclic) bond motifs is 1. The van der Waals surface area contributed by atoms with Crippen molar-refractivity contribution in [2.75, 3.05) is 5.32 Å². The van der Waals surface area contributed by atoms with Crippen LogP contribution in [0.3, 0.4) is 0 Å². The van der Waals surface area contributed by atoms with Crippen LogP contribution in [-0.4, -0.2) is 31.0 Å². The highest BCUT2D eigenvalue weighted by atomic mass is 15.1. The zero-order valence-corrected chi connectivity index (χ0v) is 16.8. The quantitative estimate of drug-likeness (QED) is 0.557. The van der Waals surface area contributed by atoms with E-state index in [0.29, 0.717) is 11.9 Å². The van der Waals surface area contributed by atoms with Crippen LogP contribution in [-0.2, 0) is 12.8 Å². The topological polar surface area (TPSA) is 76.5 Å². The van der Waals surface area contributed by atoms with E-state index in [1.54, 1.807) is 12.4 Å². The Morgan fingerprint density at radius 2 is 1.70 bits per heavy atom. The number of aromatic nitrogens is 5. The Balaban J connectivity index is 1.34. The first-order valence-corrected chi connectivity index (χ1v) is 10.2. The van der Waals surface area contributed by atoms with Crippen molar-refractivity contribution in [3.05, 3.63) is 84.1 Å². The van der Waals surface area contributed by atoms with E-state index in [9.17, 15) is 0 Å². The largest absolute Gasteiger partial charge is 0.367 e. The molecule has 3 aromatic heterocycles. The van der Waals surface area contributed by atoms with Crippen molar-refractivity contribution in [2.45, 2.75) is 32.2 Å². The van der Waals surface area contributed by atoms with Gasteiger partial charge in [0.25, 0.3) is 0 Å². The van der Waals surface area contributed by atoms with Crippen LogP contribution in [0, 0.1) is 6.92 Å². The van der Waals surface area contributed by atoms with Crippen LogP contribution in [0.1, 0.15) is 23.4 Å². The summed E-state index contributed by atoms with van der Waals surface area (Å²) < 4.78 is 0. The van der Waals surface area contributed by atoms with Crippen molar-refractivity contribution < 1.29 is 0 Å². The van der Waals surface area contributed by atoms with Gasteiger partial charge in [0.15, 0.2) is 11.6 Å². The summed E-state index contributed by atoms with van der Waals surface area (Å²) in [5.74, 6) is 2.37. The molecule has 3 heterocycles. The first-order valence-electron chi connectivity index (χ1n) is 10.2. The Kier molecular flexibility index (Phi) is 4.89. The van der Waals surface area contributed by atoms with E-state index in [1.807, 2.05) is 61.7 Å². The number of nitrogens with one attached hydrogen (secondary N) is 1. The van der Waals surface area contributed by atoms with Crippen LogP contribution >= 0.6 is 0 Å². The molecule has 6 heteroatoms. The molecule has 6 nitrogen and oxygen atoms in total. The lowest BCUT2D eigenvalue weighted by atomic mass is 9.92. The molecule has 0 fully saturated rings. The van der Waals surface area contributed by atoms with E-state index in [1.165, 1.54) is 5.56 Å². The van der Waals surface area contributed by atoms with Gasteiger partial charge in [-0.3, -0.25) is 4.98 Å². The maximum Gasteiger partial charge on any atom is 0.161 e. The maximum absolute atomic E-state index is 4.82. The van der Waals surface area contributed by atoms with Gasteiger partial charge in [0.2, 0.25) is 0 Å². The molecular weight excluding hydrogens is 372 g/mol. The number of nitrogens with zero attached hydrogens (tertiary/aromatic N) is 5. The summed E-state index contributed by atoms with van der Waals surface area (Å²) in [7, 11) is 0. The normalized spacial score (nSPS) is 15.4. The van der Waals surface area contributed by atoms with Crippen molar-refractivity contribution in [2.24, 2.45) is 0 Å². The lowest BCUT2D eigenvalue weighted by Gasteiger charge is -2.25. The fourth-order valence-electron chi connectivity index (χ4n) is 3.84. The third-order valence-corrected chi connectivity index (χ3v) is 5.33. The molecular formula is C24H22N6. The van der Waals surface area contributed by atoms with Gasteiger partial charge in [-0.15, -0.1) is 0 Å². The second-order valence-corrected chi connectivity index (χ2v) is 7.57. The predicted molar refractivity (Wildman–Crippen MR) is 117 cm³/mol.